The molecular formula is C21H21N5O3. The number of carbonyl (C=O) groups is 1. The fourth-order valence-corrected chi connectivity index (χ4v) is 3.33. The Balaban J connectivity index is 1.45. The number of nitrogens with zero attached hydrogens (tertiary/aromatic N) is 3. The quantitative estimate of drug-likeness (QED) is 0.525. The Labute approximate surface area is 166 Å². The second kappa shape index (κ2) is 7.75. The smallest absolute Gasteiger partial charge is 0.278 e. The highest BCUT2D eigenvalue weighted by molar-refractivity contribution is 5.85. The number of hydrogen-bond acceptors (Lipinski definition) is 5. The van der Waals surface area contributed by atoms with Crippen LogP contribution in [0.1, 0.15) is 18.5 Å². The molecule has 0 unspecified atom stereocenters. The molecule has 0 spiro atoms. The van der Waals surface area contributed by atoms with Crippen molar-refractivity contribution in [3.8, 4) is 5.75 Å². The van der Waals surface area contributed by atoms with E-state index in [-0.39, 0.29) is 11.5 Å². The van der Waals surface area contributed by atoms with Crippen LogP contribution in [0.5, 0.6) is 5.75 Å². The highest BCUT2D eigenvalue weighted by atomic mass is 16.5. The summed E-state index contributed by atoms with van der Waals surface area (Å²) in [6.45, 7) is 2.07. The number of H-pyrrole nitrogens is 1. The number of benzene rings is 2. The van der Waals surface area contributed by atoms with E-state index in [2.05, 4.69) is 20.6 Å². The number of ether oxygens (including phenoxy) is 1. The number of amides is 1. The lowest BCUT2D eigenvalue weighted by molar-refractivity contribution is -0.124. The van der Waals surface area contributed by atoms with Gasteiger partial charge in [-0.15, -0.1) is 5.10 Å². The maximum Gasteiger partial charge on any atom is 0.278 e. The van der Waals surface area contributed by atoms with E-state index in [1.165, 1.54) is 0 Å². The van der Waals surface area contributed by atoms with Gasteiger partial charge in [0.25, 0.3) is 5.56 Å². The summed E-state index contributed by atoms with van der Waals surface area (Å²) in [4.78, 5) is 28.4. The minimum Gasteiger partial charge on any atom is -0.497 e. The summed E-state index contributed by atoms with van der Waals surface area (Å²) in [5.74, 6) is 0.499. The van der Waals surface area contributed by atoms with Gasteiger partial charge < -0.3 is 15.0 Å². The predicted molar refractivity (Wildman–Crippen MR) is 110 cm³/mol. The molecule has 0 saturated heterocycles. The van der Waals surface area contributed by atoms with Gasteiger partial charge in [-0.1, -0.05) is 17.3 Å². The summed E-state index contributed by atoms with van der Waals surface area (Å²) >= 11 is 0. The Morgan fingerprint density at radius 2 is 2.07 bits per heavy atom. The lowest BCUT2D eigenvalue weighted by Crippen LogP contribution is -2.38. The van der Waals surface area contributed by atoms with E-state index >= 15 is 0 Å². The average molecular weight is 391 g/mol. The fraction of sp³-hybridized carbons (Fsp3) is 0.238. The van der Waals surface area contributed by atoms with Crippen LogP contribution in [0.4, 0.5) is 0 Å². The molecule has 4 rings (SSSR count). The van der Waals surface area contributed by atoms with Gasteiger partial charge in [-0.05, 0) is 49.2 Å². The summed E-state index contributed by atoms with van der Waals surface area (Å²) in [5, 5.41) is 12.3. The molecule has 0 aliphatic carbocycles. The minimum atomic E-state index is -0.761. The molecule has 29 heavy (non-hydrogen) atoms. The molecule has 0 aliphatic rings. The van der Waals surface area contributed by atoms with Crippen LogP contribution in [0.3, 0.4) is 0 Å². The molecule has 0 aliphatic heterocycles. The van der Waals surface area contributed by atoms with Gasteiger partial charge in [0.2, 0.25) is 5.91 Å². The predicted octanol–water partition coefficient (Wildman–Crippen LogP) is 2.20. The molecule has 0 saturated carbocycles. The van der Waals surface area contributed by atoms with Crippen molar-refractivity contribution in [1.82, 2.24) is 25.3 Å². The van der Waals surface area contributed by atoms with Crippen LogP contribution >= 0.6 is 0 Å². The van der Waals surface area contributed by atoms with E-state index in [9.17, 15) is 9.59 Å². The first kappa shape index (κ1) is 18.7. The molecule has 0 radical (unpaired) electrons. The van der Waals surface area contributed by atoms with Crippen molar-refractivity contribution in [1.29, 1.82) is 0 Å². The number of methoxy groups -OCH3 is 1. The fourth-order valence-electron chi connectivity index (χ4n) is 3.33. The van der Waals surface area contributed by atoms with E-state index in [4.69, 9.17) is 4.74 Å². The largest absolute Gasteiger partial charge is 0.497 e. The zero-order chi connectivity index (χ0) is 20.4. The van der Waals surface area contributed by atoms with Crippen LogP contribution < -0.4 is 15.6 Å². The van der Waals surface area contributed by atoms with E-state index in [1.807, 2.05) is 24.4 Å². The number of nitrogens with one attached hydrogen (secondary N) is 2. The van der Waals surface area contributed by atoms with E-state index < -0.39 is 6.04 Å². The molecule has 8 heteroatoms. The number of aromatic amines is 1. The third-order valence-corrected chi connectivity index (χ3v) is 5.01. The topological polar surface area (TPSA) is 102 Å². The molecule has 0 fully saturated rings. The first-order valence-electron chi connectivity index (χ1n) is 9.34. The van der Waals surface area contributed by atoms with Crippen molar-refractivity contribution in [3.05, 3.63) is 64.6 Å². The molecule has 1 atom stereocenters. The Kier molecular flexibility index (Phi) is 4.99. The van der Waals surface area contributed by atoms with Crippen molar-refractivity contribution < 1.29 is 9.53 Å². The van der Waals surface area contributed by atoms with Gasteiger partial charge in [0, 0.05) is 23.6 Å². The first-order chi connectivity index (χ1) is 14.1. The van der Waals surface area contributed by atoms with Crippen molar-refractivity contribution in [2.24, 2.45) is 0 Å². The molecule has 4 aromatic rings. The Morgan fingerprint density at radius 1 is 1.24 bits per heavy atom. The van der Waals surface area contributed by atoms with Gasteiger partial charge in [0.05, 0.1) is 12.5 Å². The lowest BCUT2D eigenvalue weighted by Gasteiger charge is -2.13. The van der Waals surface area contributed by atoms with Crippen LogP contribution in [-0.4, -0.2) is 39.5 Å². The van der Waals surface area contributed by atoms with E-state index in [0.717, 1.165) is 26.9 Å². The molecule has 0 bridgehead atoms. The number of hydrogen-bond donors (Lipinski definition) is 2. The summed E-state index contributed by atoms with van der Waals surface area (Å²) < 4.78 is 6.40. The van der Waals surface area contributed by atoms with E-state index in [0.29, 0.717) is 23.9 Å². The maximum absolute atomic E-state index is 12.6. The molecule has 2 aromatic carbocycles. The van der Waals surface area contributed by atoms with Crippen molar-refractivity contribution in [2.75, 3.05) is 13.7 Å². The highest BCUT2D eigenvalue weighted by Crippen LogP contribution is 2.23. The molecule has 2 aromatic heterocycles. The van der Waals surface area contributed by atoms with Gasteiger partial charge in [-0.2, -0.15) is 4.68 Å². The summed E-state index contributed by atoms with van der Waals surface area (Å²) in [7, 11) is 1.63. The SMILES string of the molecule is COc1ccc2[nH]cc(CCNC(=O)[C@H](C)n3nnc4ccccc4c3=O)c2c1. The standard InChI is InChI=1S/C21H21N5O3/c1-13(26-21(28)16-5-3-4-6-19(16)24-25-26)20(27)22-10-9-14-12-23-18-8-7-15(29-2)11-17(14)18/h3-8,11-13,23H,9-10H2,1-2H3,(H,22,27)/t13-/m0/s1. The molecular weight excluding hydrogens is 370 g/mol. The monoisotopic (exact) mass is 391 g/mol. The third kappa shape index (κ3) is 3.56. The van der Waals surface area contributed by atoms with Crippen LogP contribution in [0.2, 0.25) is 0 Å². The van der Waals surface area contributed by atoms with Crippen LogP contribution in [0.25, 0.3) is 21.8 Å². The Morgan fingerprint density at radius 3 is 2.90 bits per heavy atom. The molecule has 2 heterocycles. The van der Waals surface area contributed by atoms with Gasteiger partial charge in [-0.25, -0.2) is 0 Å². The van der Waals surface area contributed by atoms with Crippen LogP contribution in [-0.2, 0) is 11.2 Å². The number of rotatable bonds is 6. The summed E-state index contributed by atoms with van der Waals surface area (Å²) in [6, 6.07) is 12.0. The number of carbonyl (C=O) groups excluding carboxylic acids is 1. The zero-order valence-electron chi connectivity index (χ0n) is 16.2. The van der Waals surface area contributed by atoms with Crippen molar-refractivity contribution in [2.45, 2.75) is 19.4 Å². The Bertz CT molecular complexity index is 1240. The highest BCUT2D eigenvalue weighted by Gasteiger charge is 2.19. The molecule has 8 nitrogen and oxygen atoms in total. The van der Waals surface area contributed by atoms with Crippen molar-refractivity contribution >= 4 is 27.7 Å². The van der Waals surface area contributed by atoms with Gasteiger partial charge in [-0.3, -0.25) is 9.59 Å². The zero-order valence-corrected chi connectivity index (χ0v) is 16.2. The van der Waals surface area contributed by atoms with Crippen LogP contribution in [0, 0.1) is 0 Å². The molecule has 1 amide bonds. The average Bonchev–Trinajstić information content (AvgIpc) is 3.15. The Hall–Kier alpha value is -3.68. The van der Waals surface area contributed by atoms with E-state index in [1.54, 1.807) is 38.3 Å². The van der Waals surface area contributed by atoms with Crippen LogP contribution in [0.15, 0.2) is 53.5 Å². The number of aromatic nitrogens is 4. The summed E-state index contributed by atoms with van der Waals surface area (Å²) in [5.41, 5.74) is 2.27. The number of fused-ring (bicyclic) bond motifs is 2. The van der Waals surface area contributed by atoms with Gasteiger partial charge >= 0.3 is 0 Å². The second-order valence-electron chi connectivity index (χ2n) is 6.80. The molecule has 2 N–H and O–H groups in total. The maximum atomic E-state index is 12.6. The van der Waals surface area contributed by atoms with Gasteiger partial charge in [0.1, 0.15) is 17.3 Å². The van der Waals surface area contributed by atoms with Crippen molar-refractivity contribution in [3.63, 3.8) is 0 Å². The third-order valence-electron chi connectivity index (χ3n) is 5.01. The molecule has 148 valence electrons. The normalized spacial score (nSPS) is 12.2. The lowest BCUT2D eigenvalue weighted by atomic mass is 10.1. The minimum absolute atomic E-state index is 0.283. The van der Waals surface area contributed by atoms with Gasteiger partial charge in [0.15, 0.2) is 0 Å². The summed E-state index contributed by atoms with van der Waals surface area (Å²) in [6.07, 6.45) is 2.57. The second-order valence-corrected chi connectivity index (χ2v) is 6.80. The first-order valence-corrected chi connectivity index (χ1v) is 9.34.